The summed E-state index contributed by atoms with van der Waals surface area (Å²) in [5.41, 5.74) is 0. The van der Waals surface area contributed by atoms with Gasteiger partial charge in [-0.3, -0.25) is 4.79 Å². The fourth-order valence-corrected chi connectivity index (χ4v) is 0.228. The standard InChI is InChI=1S/C4H5NO2S/c1-3(6)4(7)5-2-8/h3,6H,1H3. The van der Waals surface area contributed by atoms with E-state index < -0.39 is 12.0 Å². The lowest BCUT2D eigenvalue weighted by Crippen LogP contribution is -2.12. The van der Waals surface area contributed by atoms with Crippen LogP contribution in [0.15, 0.2) is 4.99 Å². The highest BCUT2D eigenvalue weighted by molar-refractivity contribution is 7.78. The number of aliphatic imine (C=N–C) groups is 1. The molecule has 3 nitrogen and oxygen atoms in total. The largest absolute Gasteiger partial charge is 0.383 e. The van der Waals surface area contributed by atoms with Crippen molar-refractivity contribution in [3.8, 4) is 0 Å². The van der Waals surface area contributed by atoms with Crippen molar-refractivity contribution in [2.75, 3.05) is 0 Å². The molecule has 0 radical (unpaired) electrons. The van der Waals surface area contributed by atoms with E-state index in [0.717, 1.165) is 0 Å². The van der Waals surface area contributed by atoms with Crippen LogP contribution in [-0.4, -0.2) is 22.3 Å². The maximum Gasteiger partial charge on any atom is 0.283 e. The van der Waals surface area contributed by atoms with Gasteiger partial charge in [0.15, 0.2) is 0 Å². The summed E-state index contributed by atoms with van der Waals surface area (Å²) < 4.78 is 0. The molecule has 0 aliphatic heterocycles. The Morgan fingerprint density at radius 3 is 2.62 bits per heavy atom. The quantitative estimate of drug-likeness (QED) is 0.402. The predicted molar refractivity (Wildman–Crippen MR) is 31.7 cm³/mol. The number of hydrogen-bond donors (Lipinski definition) is 1. The van der Waals surface area contributed by atoms with Crippen molar-refractivity contribution in [3.63, 3.8) is 0 Å². The third kappa shape index (κ3) is 2.58. The maximum atomic E-state index is 10.2. The minimum absolute atomic E-state index is 0.653. The molecule has 0 aromatic rings. The van der Waals surface area contributed by atoms with Crippen molar-refractivity contribution in [1.29, 1.82) is 0 Å². The highest BCUT2D eigenvalue weighted by Gasteiger charge is 2.03. The van der Waals surface area contributed by atoms with Crippen molar-refractivity contribution >= 4 is 23.3 Å². The molecule has 0 aliphatic carbocycles. The van der Waals surface area contributed by atoms with Crippen molar-refractivity contribution in [2.45, 2.75) is 13.0 Å². The summed E-state index contributed by atoms with van der Waals surface area (Å²) in [5, 5.41) is 10.3. The number of rotatable bonds is 1. The number of hydrogen-bond acceptors (Lipinski definition) is 3. The molecule has 1 unspecified atom stereocenters. The molecular weight excluding hydrogens is 126 g/mol. The Bertz CT molecular complexity index is 137. The van der Waals surface area contributed by atoms with Gasteiger partial charge in [0.25, 0.3) is 5.91 Å². The highest BCUT2D eigenvalue weighted by Crippen LogP contribution is 1.81. The summed E-state index contributed by atoms with van der Waals surface area (Å²) in [6, 6.07) is 0. The first-order chi connectivity index (χ1) is 3.68. The fraction of sp³-hybridized carbons (Fsp3) is 0.500. The minimum atomic E-state index is -1.06. The summed E-state index contributed by atoms with van der Waals surface area (Å²) in [6.07, 6.45) is -1.06. The molecule has 0 spiro atoms. The molecule has 0 fully saturated rings. The van der Waals surface area contributed by atoms with Gasteiger partial charge in [-0.15, -0.1) is 0 Å². The van der Waals surface area contributed by atoms with Gasteiger partial charge in [-0.2, -0.15) is 4.99 Å². The Labute approximate surface area is 52.0 Å². The fourth-order valence-electron chi connectivity index (χ4n) is 0.138. The van der Waals surface area contributed by atoms with E-state index in [1.165, 1.54) is 6.92 Å². The van der Waals surface area contributed by atoms with Gasteiger partial charge in [0.1, 0.15) is 6.10 Å². The van der Waals surface area contributed by atoms with Crippen LogP contribution >= 0.6 is 12.2 Å². The molecule has 0 rings (SSSR count). The minimum Gasteiger partial charge on any atom is -0.383 e. The van der Waals surface area contributed by atoms with Crippen LogP contribution < -0.4 is 0 Å². The third-order valence-electron chi connectivity index (χ3n) is 0.513. The molecule has 0 saturated carbocycles. The Morgan fingerprint density at radius 1 is 2.00 bits per heavy atom. The lowest BCUT2D eigenvalue weighted by Gasteiger charge is -1.90. The smallest absolute Gasteiger partial charge is 0.283 e. The van der Waals surface area contributed by atoms with Crippen LogP contribution in [0.2, 0.25) is 0 Å². The van der Waals surface area contributed by atoms with Crippen molar-refractivity contribution in [3.05, 3.63) is 0 Å². The molecule has 0 bridgehead atoms. The first-order valence-corrected chi connectivity index (χ1v) is 2.39. The number of amides is 1. The van der Waals surface area contributed by atoms with Gasteiger partial charge in [0.05, 0.1) is 5.16 Å². The Hall–Kier alpha value is -0.570. The van der Waals surface area contributed by atoms with E-state index in [2.05, 4.69) is 17.2 Å². The Balaban J connectivity index is 3.84. The van der Waals surface area contributed by atoms with Gasteiger partial charge in [0.2, 0.25) is 0 Å². The molecule has 0 aromatic carbocycles. The van der Waals surface area contributed by atoms with Gasteiger partial charge >= 0.3 is 0 Å². The Kier molecular flexibility index (Phi) is 3.19. The number of isothiocyanates is 1. The van der Waals surface area contributed by atoms with Gasteiger partial charge in [-0.1, -0.05) is 0 Å². The zero-order chi connectivity index (χ0) is 6.57. The van der Waals surface area contributed by atoms with E-state index in [-0.39, 0.29) is 0 Å². The maximum absolute atomic E-state index is 10.2. The summed E-state index contributed by atoms with van der Waals surface area (Å²) >= 11 is 4.10. The summed E-state index contributed by atoms with van der Waals surface area (Å²) in [4.78, 5) is 13.2. The second-order valence-corrected chi connectivity index (χ2v) is 1.40. The van der Waals surface area contributed by atoms with E-state index in [0.29, 0.717) is 0 Å². The van der Waals surface area contributed by atoms with Crippen molar-refractivity contribution in [1.82, 2.24) is 0 Å². The molecular formula is C4H5NO2S. The van der Waals surface area contributed by atoms with Gasteiger partial charge in [-0.05, 0) is 19.1 Å². The monoisotopic (exact) mass is 131 g/mol. The lowest BCUT2D eigenvalue weighted by molar-refractivity contribution is -0.124. The van der Waals surface area contributed by atoms with Gasteiger partial charge in [0, 0.05) is 0 Å². The lowest BCUT2D eigenvalue weighted by atomic mass is 10.4. The topological polar surface area (TPSA) is 49.7 Å². The number of aliphatic hydroxyl groups excluding tert-OH is 1. The zero-order valence-corrected chi connectivity index (χ0v) is 5.10. The molecule has 1 amide bonds. The van der Waals surface area contributed by atoms with Gasteiger partial charge < -0.3 is 5.11 Å². The normalized spacial score (nSPS) is 11.8. The number of thiocarbonyl (C=S) groups is 1. The van der Waals surface area contributed by atoms with E-state index >= 15 is 0 Å². The average Bonchev–Trinajstić information content (AvgIpc) is 1.67. The van der Waals surface area contributed by atoms with Crippen molar-refractivity contribution < 1.29 is 9.90 Å². The van der Waals surface area contributed by atoms with Crippen molar-refractivity contribution in [2.24, 2.45) is 4.99 Å². The summed E-state index contributed by atoms with van der Waals surface area (Å²) in [6.45, 7) is 1.32. The zero-order valence-electron chi connectivity index (χ0n) is 4.29. The molecule has 0 aliphatic rings. The first-order valence-electron chi connectivity index (χ1n) is 1.98. The number of nitrogens with zero attached hydrogens (tertiary/aromatic N) is 1. The van der Waals surface area contributed by atoms with E-state index in [9.17, 15) is 4.79 Å². The summed E-state index contributed by atoms with van der Waals surface area (Å²) in [7, 11) is 0. The highest BCUT2D eigenvalue weighted by atomic mass is 32.1. The van der Waals surface area contributed by atoms with Crippen LogP contribution in [0, 0.1) is 0 Å². The van der Waals surface area contributed by atoms with Crippen LogP contribution in [0.3, 0.4) is 0 Å². The molecule has 0 aromatic heterocycles. The number of carbonyl (C=O) groups is 1. The van der Waals surface area contributed by atoms with Crippen LogP contribution in [0.1, 0.15) is 6.92 Å². The van der Waals surface area contributed by atoms with Crippen LogP contribution in [0.4, 0.5) is 0 Å². The average molecular weight is 131 g/mol. The molecule has 8 heavy (non-hydrogen) atoms. The Morgan fingerprint density at radius 2 is 2.50 bits per heavy atom. The van der Waals surface area contributed by atoms with E-state index in [4.69, 9.17) is 5.11 Å². The molecule has 1 atom stereocenters. The third-order valence-corrected chi connectivity index (χ3v) is 0.605. The van der Waals surface area contributed by atoms with E-state index in [1.807, 2.05) is 5.16 Å². The molecule has 0 saturated heterocycles. The van der Waals surface area contributed by atoms with Crippen LogP contribution in [0.25, 0.3) is 0 Å². The predicted octanol–water partition coefficient (Wildman–Crippen LogP) is -0.00340. The molecule has 1 N–H and O–H groups in total. The second-order valence-electron chi connectivity index (χ2n) is 1.22. The number of aliphatic hydroxyl groups is 1. The van der Waals surface area contributed by atoms with Crippen LogP contribution in [0.5, 0.6) is 0 Å². The van der Waals surface area contributed by atoms with Gasteiger partial charge in [-0.25, -0.2) is 0 Å². The number of carbonyl (C=O) groups excluding carboxylic acids is 1. The second kappa shape index (κ2) is 3.43. The SMILES string of the molecule is CC(O)C(=O)N=C=S. The first kappa shape index (κ1) is 7.43. The van der Waals surface area contributed by atoms with E-state index in [1.54, 1.807) is 0 Å². The molecule has 0 heterocycles. The molecule has 44 valence electrons. The van der Waals surface area contributed by atoms with Crippen LogP contribution in [-0.2, 0) is 4.79 Å². The molecule has 4 heteroatoms. The summed E-state index contributed by atoms with van der Waals surface area (Å²) in [5.74, 6) is -0.653.